The summed E-state index contributed by atoms with van der Waals surface area (Å²) in [6, 6.07) is 15.3. The van der Waals surface area contributed by atoms with E-state index in [1.807, 2.05) is 36.4 Å². The van der Waals surface area contributed by atoms with Gasteiger partial charge in [-0.2, -0.15) is 0 Å². The Morgan fingerprint density at radius 3 is 2.45 bits per heavy atom. The molecule has 0 aliphatic heterocycles. The molecule has 0 radical (unpaired) electrons. The summed E-state index contributed by atoms with van der Waals surface area (Å²) in [5.41, 5.74) is 2.60. The molecular weight excluding hydrogens is 295 g/mol. The highest BCUT2D eigenvalue weighted by Crippen LogP contribution is 2.32. The molecule has 0 N–H and O–H groups in total. The van der Waals surface area contributed by atoms with E-state index in [9.17, 15) is 4.79 Å². The molecule has 1 unspecified atom stereocenters. The van der Waals surface area contributed by atoms with Crippen molar-refractivity contribution in [1.82, 2.24) is 0 Å². The van der Waals surface area contributed by atoms with Crippen LogP contribution in [0.5, 0.6) is 0 Å². The maximum Gasteiger partial charge on any atom is 0.328 e. The fourth-order valence-corrected chi connectivity index (χ4v) is 2.48. The third-order valence-electron chi connectivity index (χ3n) is 2.87. The van der Waals surface area contributed by atoms with Crippen molar-refractivity contribution in [3.8, 4) is 11.1 Å². The van der Waals surface area contributed by atoms with Gasteiger partial charge in [0.1, 0.15) is 0 Å². The van der Waals surface area contributed by atoms with Crippen LogP contribution in [0.25, 0.3) is 11.1 Å². The molecule has 0 saturated heterocycles. The predicted molar refractivity (Wildman–Crippen MR) is 82.1 cm³/mol. The highest BCUT2D eigenvalue weighted by Gasteiger charge is 2.21. The van der Waals surface area contributed by atoms with Crippen LogP contribution in [0, 0.1) is 0 Å². The summed E-state index contributed by atoms with van der Waals surface area (Å²) in [4.78, 5) is 11.6. The highest BCUT2D eigenvalue weighted by atomic mass is 35.5. The number of ether oxygens (including phenoxy) is 1. The van der Waals surface area contributed by atoms with Gasteiger partial charge in [0.05, 0.1) is 6.61 Å². The Bertz CT molecular complexity index is 597. The van der Waals surface area contributed by atoms with E-state index in [0.29, 0.717) is 17.2 Å². The van der Waals surface area contributed by atoms with Crippen molar-refractivity contribution in [2.75, 3.05) is 6.61 Å². The first-order chi connectivity index (χ1) is 9.63. The van der Waals surface area contributed by atoms with E-state index >= 15 is 0 Å². The van der Waals surface area contributed by atoms with Gasteiger partial charge in [-0.1, -0.05) is 54.1 Å². The lowest BCUT2D eigenvalue weighted by Gasteiger charge is -2.12. The SMILES string of the molecule is CCOC(=O)C(Cl)c1ccc(-c2ccccc2)cc1Cl. The number of alkyl halides is 1. The second-order valence-corrected chi connectivity index (χ2v) is 5.06. The first kappa shape index (κ1) is 14.9. The molecule has 2 aromatic rings. The van der Waals surface area contributed by atoms with E-state index in [1.165, 1.54) is 0 Å². The van der Waals surface area contributed by atoms with Crippen molar-refractivity contribution < 1.29 is 9.53 Å². The molecule has 2 rings (SSSR count). The van der Waals surface area contributed by atoms with E-state index in [2.05, 4.69) is 0 Å². The van der Waals surface area contributed by atoms with Crippen molar-refractivity contribution in [1.29, 1.82) is 0 Å². The van der Waals surface area contributed by atoms with E-state index in [4.69, 9.17) is 27.9 Å². The maximum atomic E-state index is 11.6. The van der Waals surface area contributed by atoms with Crippen molar-refractivity contribution in [2.24, 2.45) is 0 Å². The molecule has 20 heavy (non-hydrogen) atoms. The summed E-state index contributed by atoms with van der Waals surface area (Å²) in [5, 5.41) is -0.424. The van der Waals surface area contributed by atoms with Gasteiger partial charge in [0.2, 0.25) is 0 Å². The van der Waals surface area contributed by atoms with Crippen LogP contribution in [0.1, 0.15) is 17.9 Å². The van der Waals surface area contributed by atoms with Crippen LogP contribution in [-0.2, 0) is 9.53 Å². The minimum atomic E-state index is -0.882. The average molecular weight is 309 g/mol. The topological polar surface area (TPSA) is 26.3 Å². The van der Waals surface area contributed by atoms with Crippen LogP contribution >= 0.6 is 23.2 Å². The third kappa shape index (κ3) is 3.33. The van der Waals surface area contributed by atoms with Gasteiger partial charge in [0.15, 0.2) is 5.38 Å². The molecule has 0 aromatic heterocycles. The molecule has 104 valence electrons. The lowest BCUT2D eigenvalue weighted by atomic mass is 10.0. The number of carbonyl (C=O) groups excluding carboxylic acids is 1. The minimum absolute atomic E-state index is 0.293. The number of halogens is 2. The molecule has 0 spiro atoms. The fourth-order valence-electron chi connectivity index (χ4n) is 1.89. The standard InChI is InChI=1S/C16H14Cl2O2/c1-2-20-16(19)15(18)13-9-8-12(10-14(13)17)11-6-4-3-5-7-11/h3-10,15H,2H2,1H3. The highest BCUT2D eigenvalue weighted by molar-refractivity contribution is 6.35. The zero-order valence-corrected chi connectivity index (χ0v) is 12.5. The normalized spacial score (nSPS) is 11.9. The number of hydrogen-bond acceptors (Lipinski definition) is 2. The Labute approximate surface area is 128 Å². The molecule has 0 heterocycles. The Kier molecular flexibility index (Phi) is 5.05. The average Bonchev–Trinajstić information content (AvgIpc) is 2.47. The van der Waals surface area contributed by atoms with E-state index in [-0.39, 0.29) is 0 Å². The van der Waals surface area contributed by atoms with Crippen molar-refractivity contribution in [2.45, 2.75) is 12.3 Å². The van der Waals surface area contributed by atoms with E-state index in [0.717, 1.165) is 11.1 Å². The van der Waals surface area contributed by atoms with Crippen LogP contribution < -0.4 is 0 Å². The van der Waals surface area contributed by atoms with Crippen LogP contribution in [0.2, 0.25) is 5.02 Å². The Morgan fingerprint density at radius 2 is 1.85 bits per heavy atom. The van der Waals surface area contributed by atoms with Gasteiger partial charge in [0, 0.05) is 5.02 Å². The second kappa shape index (κ2) is 6.78. The van der Waals surface area contributed by atoms with Crippen LogP contribution in [0.15, 0.2) is 48.5 Å². The monoisotopic (exact) mass is 308 g/mol. The molecule has 2 nitrogen and oxygen atoms in total. The Balaban J connectivity index is 2.29. The molecular formula is C16H14Cl2O2. The molecule has 0 aliphatic carbocycles. The van der Waals surface area contributed by atoms with Gasteiger partial charge in [-0.05, 0) is 29.7 Å². The molecule has 0 amide bonds. The number of carbonyl (C=O) groups is 1. The third-order valence-corrected chi connectivity index (χ3v) is 3.61. The van der Waals surface area contributed by atoms with Gasteiger partial charge in [-0.15, -0.1) is 11.6 Å². The zero-order chi connectivity index (χ0) is 14.5. The zero-order valence-electron chi connectivity index (χ0n) is 11.0. The van der Waals surface area contributed by atoms with Gasteiger partial charge < -0.3 is 4.74 Å². The van der Waals surface area contributed by atoms with Gasteiger partial charge in [-0.25, -0.2) is 0 Å². The number of rotatable bonds is 4. The first-order valence-electron chi connectivity index (χ1n) is 6.29. The summed E-state index contributed by atoms with van der Waals surface area (Å²) in [7, 11) is 0. The molecule has 0 bridgehead atoms. The lowest BCUT2D eigenvalue weighted by molar-refractivity contribution is -0.142. The number of esters is 1. The fraction of sp³-hybridized carbons (Fsp3) is 0.188. The minimum Gasteiger partial charge on any atom is -0.465 e. The molecule has 1 atom stereocenters. The summed E-state index contributed by atoms with van der Waals surface area (Å²) in [6.07, 6.45) is 0. The van der Waals surface area contributed by atoms with Gasteiger partial charge in [-0.3, -0.25) is 4.79 Å². The quantitative estimate of drug-likeness (QED) is 0.596. The van der Waals surface area contributed by atoms with E-state index in [1.54, 1.807) is 19.1 Å². The largest absolute Gasteiger partial charge is 0.465 e. The summed E-state index contributed by atoms with van der Waals surface area (Å²) in [5.74, 6) is -0.483. The van der Waals surface area contributed by atoms with Crippen molar-refractivity contribution in [3.05, 3.63) is 59.1 Å². The molecule has 2 aromatic carbocycles. The van der Waals surface area contributed by atoms with Crippen molar-refractivity contribution in [3.63, 3.8) is 0 Å². The Hall–Kier alpha value is -1.51. The smallest absolute Gasteiger partial charge is 0.328 e. The molecule has 4 heteroatoms. The summed E-state index contributed by atoms with van der Waals surface area (Å²) >= 11 is 12.3. The Morgan fingerprint density at radius 1 is 1.15 bits per heavy atom. The molecule has 0 saturated carbocycles. The van der Waals surface area contributed by atoms with Gasteiger partial charge >= 0.3 is 5.97 Å². The second-order valence-electron chi connectivity index (χ2n) is 4.22. The predicted octanol–water partition coefficient (Wildman–Crippen LogP) is 4.85. The van der Waals surface area contributed by atoms with Gasteiger partial charge in [0.25, 0.3) is 0 Å². The maximum absolute atomic E-state index is 11.6. The lowest BCUT2D eigenvalue weighted by Crippen LogP contribution is -2.11. The van der Waals surface area contributed by atoms with E-state index < -0.39 is 11.3 Å². The van der Waals surface area contributed by atoms with Crippen LogP contribution in [0.4, 0.5) is 0 Å². The molecule has 0 fully saturated rings. The van der Waals surface area contributed by atoms with Crippen LogP contribution in [0.3, 0.4) is 0 Å². The van der Waals surface area contributed by atoms with Crippen LogP contribution in [-0.4, -0.2) is 12.6 Å². The summed E-state index contributed by atoms with van der Waals surface area (Å²) in [6.45, 7) is 2.03. The molecule has 0 aliphatic rings. The number of hydrogen-bond donors (Lipinski definition) is 0. The van der Waals surface area contributed by atoms with Crippen molar-refractivity contribution >= 4 is 29.2 Å². The first-order valence-corrected chi connectivity index (χ1v) is 7.10. The summed E-state index contributed by atoms with van der Waals surface area (Å²) < 4.78 is 4.90. The number of benzene rings is 2.